The molecule has 1 aliphatic rings. The molecule has 2 amide bonds. The molecule has 160 valence electrons. The van der Waals surface area contributed by atoms with Gasteiger partial charge in [0.1, 0.15) is 0 Å². The van der Waals surface area contributed by atoms with Crippen molar-refractivity contribution in [2.45, 2.75) is 32.2 Å². The second-order valence-electron chi connectivity index (χ2n) is 8.36. The number of nitrogens with zero attached hydrogens (tertiary/aromatic N) is 2. The summed E-state index contributed by atoms with van der Waals surface area (Å²) in [7, 11) is 0. The van der Waals surface area contributed by atoms with E-state index in [1.807, 2.05) is 26.0 Å². The number of pyridine rings is 1. The number of aryl methyl sites for hydroxylation is 2. The molecule has 5 nitrogen and oxygen atoms in total. The summed E-state index contributed by atoms with van der Waals surface area (Å²) in [6.07, 6.45) is 0.956. The Morgan fingerprint density at radius 2 is 1.58 bits per heavy atom. The van der Waals surface area contributed by atoms with Gasteiger partial charge < -0.3 is 15.5 Å². The molecule has 2 aromatic carbocycles. The van der Waals surface area contributed by atoms with Crippen molar-refractivity contribution < 1.29 is 4.79 Å². The molecule has 4 rings (SSSR count). The number of hydrogen-bond donors (Lipinski definition) is 2. The summed E-state index contributed by atoms with van der Waals surface area (Å²) in [6.45, 7) is 6.64. The van der Waals surface area contributed by atoms with E-state index in [2.05, 4.69) is 81.2 Å². The van der Waals surface area contributed by atoms with Crippen LogP contribution in [0.25, 0.3) is 0 Å². The molecule has 0 aliphatic carbocycles. The van der Waals surface area contributed by atoms with Crippen molar-refractivity contribution in [3.8, 4) is 0 Å². The number of anilines is 1. The summed E-state index contributed by atoms with van der Waals surface area (Å²) < 4.78 is 0. The Kier molecular flexibility index (Phi) is 6.63. The van der Waals surface area contributed by atoms with Crippen LogP contribution in [0.15, 0.2) is 72.8 Å². The van der Waals surface area contributed by atoms with E-state index in [4.69, 9.17) is 0 Å². The molecule has 1 unspecified atom stereocenters. The largest absolute Gasteiger partial charge is 0.334 e. The topological polar surface area (TPSA) is 57.3 Å². The minimum atomic E-state index is -0.153. The second kappa shape index (κ2) is 9.75. The van der Waals surface area contributed by atoms with Crippen LogP contribution in [0.4, 0.5) is 10.5 Å². The number of likely N-dealkylation sites (tertiary alicyclic amines) is 1. The van der Waals surface area contributed by atoms with Crippen LogP contribution in [0, 0.1) is 13.8 Å². The summed E-state index contributed by atoms with van der Waals surface area (Å²) in [5.41, 5.74) is 5.23. The Hall–Kier alpha value is -3.18. The highest BCUT2D eigenvalue weighted by Gasteiger charge is 2.27. The van der Waals surface area contributed by atoms with E-state index in [1.165, 1.54) is 11.1 Å². The van der Waals surface area contributed by atoms with Crippen LogP contribution in [0.1, 0.15) is 34.9 Å². The smallest absolute Gasteiger partial charge is 0.319 e. The summed E-state index contributed by atoms with van der Waals surface area (Å²) in [5.74, 6) is 0.317. The van der Waals surface area contributed by atoms with E-state index in [1.54, 1.807) is 0 Å². The molecule has 3 aromatic rings. The molecular weight excluding hydrogens is 384 g/mol. The first-order chi connectivity index (χ1) is 15.1. The van der Waals surface area contributed by atoms with Crippen LogP contribution >= 0.6 is 0 Å². The summed E-state index contributed by atoms with van der Waals surface area (Å²) in [6, 6.07) is 25.1. The molecule has 2 heterocycles. The lowest BCUT2D eigenvalue weighted by molar-refractivity contribution is 0.247. The molecule has 0 radical (unpaired) electrons. The number of benzene rings is 2. The molecule has 1 aliphatic heterocycles. The maximum atomic E-state index is 12.5. The number of carbonyl (C=O) groups is 1. The summed E-state index contributed by atoms with van der Waals surface area (Å²) >= 11 is 0. The molecule has 2 N–H and O–H groups in total. The molecular formula is C26H30N4O. The lowest BCUT2D eigenvalue weighted by Gasteiger charge is -2.25. The summed E-state index contributed by atoms with van der Waals surface area (Å²) in [5, 5.41) is 6.09. The third-order valence-corrected chi connectivity index (χ3v) is 5.79. The highest BCUT2D eigenvalue weighted by Crippen LogP contribution is 2.27. The molecule has 0 spiro atoms. The number of hydrogen-bond acceptors (Lipinski definition) is 3. The van der Waals surface area contributed by atoms with E-state index in [0.717, 1.165) is 43.1 Å². The van der Waals surface area contributed by atoms with Crippen molar-refractivity contribution in [3.63, 3.8) is 0 Å². The molecule has 1 atom stereocenters. The molecule has 0 bridgehead atoms. The average molecular weight is 415 g/mol. The lowest BCUT2D eigenvalue weighted by Crippen LogP contribution is -2.40. The van der Waals surface area contributed by atoms with Gasteiger partial charge in [-0.25, -0.2) is 4.79 Å². The van der Waals surface area contributed by atoms with Crippen LogP contribution in [0.2, 0.25) is 0 Å². The van der Waals surface area contributed by atoms with Gasteiger partial charge in [-0.1, -0.05) is 60.7 Å². The van der Waals surface area contributed by atoms with Crippen molar-refractivity contribution in [1.82, 2.24) is 15.2 Å². The van der Waals surface area contributed by atoms with Crippen molar-refractivity contribution >= 4 is 11.7 Å². The quantitative estimate of drug-likeness (QED) is 0.613. The average Bonchev–Trinajstić information content (AvgIpc) is 3.19. The van der Waals surface area contributed by atoms with Crippen molar-refractivity contribution in [3.05, 3.63) is 95.3 Å². The minimum absolute atomic E-state index is 0.149. The number of urea groups is 1. The second-order valence-corrected chi connectivity index (χ2v) is 8.36. The van der Waals surface area contributed by atoms with Gasteiger partial charge in [0.15, 0.2) is 0 Å². The SMILES string of the molecule is Cc1cc(NC(=O)NC2CCN(CC(c3ccccc3)c3ccccc3)C2)cc(C)n1. The van der Waals surface area contributed by atoms with E-state index >= 15 is 0 Å². The molecule has 1 aromatic heterocycles. The highest BCUT2D eigenvalue weighted by atomic mass is 16.2. The molecule has 1 fully saturated rings. The van der Waals surface area contributed by atoms with E-state index in [9.17, 15) is 4.79 Å². The molecule has 5 heteroatoms. The molecule has 1 saturated heterocycles. The maximum Gasteiger partial charge on any atom is 0.319 e. The van der Waals surface area contributed by atoms with Gasteiger partial charge in [0.25, 0.3) is 0 Å². The highest BCUT2D eigenvalue weighted by molar-refractivity contribution is 5.89. The molecule has 0 saturated carbocycles. The van der Waals surface area contributed by atoms with Gasteiger partial charge in [0.2, 0.25) is 0 Å². The van der Waals surface area contributed by atoms with Crippen LogP contribution < -0.4 is 10.6 Å². The standard InChI is InChI=1S/C26H30N4O/c1-19-15-24(16-20(2)27-19)29-26(31)28-23-13-14-30(17-23)18-25(21-9-5-3-6-10-21)22-11-7-4-8-12-22/h3-12,15-16,23,25H,13-14,17-18H2,1-2H3,(H2,27,28,29,31). The van der Waals surface area contributed by atoms with Gasteiger partial charge in [-0.2, -0.15) is 0 Å². The van der Waals surface area contributed by atoms with E-state index < -0.39 is 0 Å². The Balaban J connectivity index is 1.36. The van der Waals surface area contributed by atoms with Crippen molar-refractivity contribution in [1.29, 1.82) is 0 Å². The first-order valence-electron chi connectivity index (χ1n) is 10.9. The number of carbonyl (C=O) groups excluding carboxylic acids is 1. The molecule has 31 heavy (non-hydrogen) atoms. The van der Waals surface area contributed by atoms with Gasteiger partial charge in [0, 0.05) is 48.7 Å². The first-order valence-corrected chi connectivity index (χ1v) is 10.9. The Morgan fingerprint density at radius 1 is 1.00 bits per heavy atom. The number of amides is 2. The van der Waals surface area contributed by atoms with Gasteiger partial charge in [-0.15, -0.1) is 0 Å². The van der Waals surface area contributed by atoms with Gasteiger partial charge in [0.05, 0.1) is 0 Å². The zero-order valence-corrected chi connectivity index (χ0v) is 18.2. The zero-order chi connectivity index (χ0) is 21.6. The number of aromatic nitrogens is 1. The summed E-state index contributed by atoms with van der Waals surface area (Å²) in [4.78, 5) is 19.3. The fourth-order valence-corrected chi connectivity index (χ4v) is 4.41. The van der Waals surface area contributed by atoms with Crippen molar-refractivity contribution in [2.75, 3.05) is 25.0 Å². The van der Waals surface area contributed by atoms with Crippen LogP contribution in [0.5, 0.6) is 0 Å². The van der Waals surface area contributed by atoms with Crippen molar-refractivity contribution in [2.24, 2.45) is 0 Å². The minimum Gasteiger partial charge on any atom is -0.334 e. The monoisotopic (exact) mass is 414 g/mol. The predicted octanol–water partition coefficient (Wildman–Crippen LogP) is 4.73. The first kappa shape index (κ1) is 21.1. The normalized spacial score (nSPS) is 16.4. The predicted molar refractivity (Wildman–Crippen MR) is 125 cm³/mol. The fraction of sp³-hybridized carbons (Fsp3) is 0.308. The van der Waals surface area contributed by atoms with E-state index in [-0.39, 0.29) is 12.1 Å². The maximum absolute atomic E-state index is 12.5. The number of rotatable bonds is 6. The third-order valence-electron chi connectivity index (χ3n) is 5.79. The van der Waals surface area contributed by atoms with Gasteiger partial charge in [-0.3, -0.25) is 4.98 Å². The van der Waals surface area contributed by atoms with E-state index in [0.29, 0.717) is 5.92 Å². The van der Waals surface area contributed by atoms with Crippen LogP contribution in [-0.4, -0.2) is 41.6 Å². The lowest BCUT2D eigenvalue weighted by atomic mass is 9.91. The fourth-order valence-electron chi connectivity index (χ4n) is 4.41. The Labute approximate surface area is 184 Å². The Bertz CT molecular complexity index is 947. The van der Waals surface area contributed by atoms with Crippen LogP contribution in [-0.2, 0) is 0 Å². The Morgan fingerprint density at radius 3 is 2.16 bits per heavy atom. The van der Waals surface area contributed by atoms with Gasteiger partial charge in [-0.05, 0) is 43.5 Å². The third kappa shape index (κ3) is 5.70. The van der Waals surface area contributed by atoms with Gasteiger partial charge >= 0.3 is 6.03 Å². The zero-order valence-electron chi connectivity index (χ0n) is 18.2. The number of nitrogens with one attached hydrogen (secondary N) is 2. The van der Waals surface area contributed by atoms with Crippen LogP contribution in [0.3, 0.4) is 0 Å².